The lowest BCUT2D eigenvalue weighted by molar-refractivity contribution is -0.136. The van der Waals surface area contributed by atoms with Crippen molar-refractivity contribution in [2.75, 3.05) is 0 Å². The quantitative estimate of drug-likeness (QED) is 0.315. The number of rotatable bonds is 4. The Morgan fingerprint density at radius 1 is 0.759 bits per heavy atom. The van der Waals surface area contributed by atoms with Crippen molar-refractivity contribution in [1.29, 1.82) is 0 Å². The fourth-order valence-corrected chi connectivity index (χ4v) is 4.29. The number of hydrogen-bond donors (Lipinski definition) is 0. The molecule has 4 aromatic carbocycles. The van der Waals surface area contributed by atoms with Gasteiger partial charge in [-0.25, -0.2) is 0 Å². The Labute approximate surface area is 170 Å². The zero-order valence-electron chi connectivity index (χ0n) is 15.9. The van der Waals surface area contributed by atoms with E-state index in [9.17, 15) is 4.79 Å². The molecule has 0 bridgehead atoms. The van der Waals surface area contributed by atoms with Crippen LogP contribution in [0.4, 0.5) is 0 Å². The molecule has 1 heterocycles. The highest BCUT2D eigenvalue weighted by atomic mass is 16.5. The van der Waals surface area contributed by atoms with E-state index in [1.54, 1.807) is 0 Å². The van der Waals surface area contributed by atoms with Crippen LogP contribution in [0.15, 0.2) is 103 Å². The number of benzene rings is 4. The second-order valence-electron chi connectivity index (χ2n) is 7.34. The van der Waals surface area contributed by atoms with E-state index in [0.29, 0.717) is 12.2 Å². The van der Waals surface area contributed by atoms with E-state index in [0.717, 1.165) is 27.5 Å². The third-order valence-corrected chi connectivity index (χ3v) is 5.67. The molecule has 1 unspecified atom stereocenters. The van der Waals surface area contributed by atoms with Gasteiger partial charge in [0.2, 0.25) is 0 Å². The van der Waals surface area contributed by atoms with Gasteiger partial charge in [-0.3, -0.25) is 4.79 Å². The molecule has 4 aromatic rings. The summed E-state index contributed by atoms with van der Waals surface area (Å²) in [5.74, 6) is 0.443. The molecule has 2 heteroatoms. The maximum absolute atomic E-state index is 13.4. The van der Waals surface area contributed by atoms with Gasteiger partial charge >= 0.3 is 5.97 Å². The average Bonchev–Trinajstić information content (AvgIpc) is 3.08. The van der Waals surface area contributed by atoms with Crippen LogP contribution in [-0.4, -0.2) is 5.97 Å². The lowest BCUT2D eigenvalue weighted by Crippen LogP contribution is -2.34. The molecule has 1 aliphatic rings. The van der Waals surface area contributed by atoms with E-state index in [2.05, 4.69) is 36.4 Å². The minimum Gasteiger partial charge on any atom is -0.425 e. The number of carbonyl (C=O) groups excluding carboxylic acids is 1. The van der Waals surface area contributed by atoms with Crippen LogP contribution in [0.2, 0.25) is 0 Å². The number of allylic oxidation sites excluding steroid dienone is 1. The van der Waals surface area contributed by atoms with Gasteiger partial charge in [0.25, 0.3) is 0 Å². The van der Waals surface area contributed by atoms with E-state index < -0.39 is 5.41 Å². The molecule has 0 aliphatic carbocycles. The van der Waals surface area contributed by atoms with Crippen molar-refractivity contribution in [3.8, 4) is 5.75 Å². The Morgan fingerprint density at radius 2 is 1.45 bits per heavy atom. The normalized spacial score (nSPS) is 18.1. The molecule has 0 fully saturated rings. The Morgan fingerprint density at radius 3 is 2.24 bits per heavy atom. The van der Waals surface area contributed by atoms with Crippen LogP contribution in [-0.2, 0) is 10.2 Å². The average molecular weight is 376 g/mol. The zero-order chi connectivity index (χ0) is 19.7. The molecule has 0 N–H and O–H groups in total. The predicted octanol–water partition coefficient (Wildman–Crippen LogP) is 6.15. The number of fused-ring (bicyclic) bond motifs is 3. The topological polar surface area (TPSA) is 26.3 Å². The zero-order valence-corrected chi connectivity index (χ0v) is 15.9. The van der Waals surface area contributed by atoms with Gasteiger partial charge in [0.1, 0.15) is 11.2 Å². The van der Waals surface area contributed by atoms with Crippen molar-refractivity contribution < 1.29 is 9.53 Å². The fourth-order valence-electron chi connectivity index (χ4n) is 4.29. The minimum absolute atomic E-state index is 0.215. The SMILES string of the molecule is O=C1Oc2ccc3ccccc3c2C1(C/C=C\c1ccccc1)c1ccccc1. The third-order valence-electron chi connectivity index (χ3n) is 5.67. The first-order valence-corrected chi connectivity index (χ1v) is 9.81. The van der Waals surface area contributed by atoms with Crippen LogP contribution in [0.3, 0.4) is 0 Å². The summed E-state index contributed by atoms with van der Waals surface area (Å²) in [5.41, 5.74) is 2.17. The summed E-state index contributed by atoms with van der Waals surface area (Å²) >= 11 is 0. The van der Waals surface area contributed by atoms with Crippen LogP contribution in [0.25, 0.3) is 16.8 Å². The van der Waals surface area contributed by atoms with Gasteiger partial charge in [0.15, 0.2) is 0 Å². The highest BCUT2D eigenvalue weighted by molar-refractivity contribution is 6.03. The first-order valence-electron chi connectivity index (χ1n) is 9.81. The van der Waals surface area contributed by atoms with Gasteiger partial charge in [0, 0.05) is 5.56 Å². The minimum atomic E-state index is -0.858. The molecule has 0 radical (unpaired) electrons. The van der Waals surface area contributed by atoms with E-state index >= 15 is 0 Å². The standard InChI is InChI=1S/C27H20O2/c28-26-27(22-14-5-2-6-15-22,19-9-12-20-10-3-1-4-11-20)25-23-16-8-7-13-21(23)17-18-24(25)29-26/h1-18H,19H2/b12-9-. The summed E-state index contributed by atoms with van der Waals surface area (Å²) in [7, 11) is 0. The molecule has 29 heavy (non-hydrogen) atoms. The maximum atomic E-state index is 13.4. The monoisotopic (exact) mass is 376 g/mol. The molecule has 1 atom stereocenters. The van der Waals surface area contributed by atoms with Crippen molar-refractivity contribution >= 4 is 22.8 Å². The van der Waals surface area contributed by atoms with Gasteiger partial charge in [-0.15, -0.1) is 0 Å². The lowest BCUT2D eigenvalue weighted by atomic mass is 9.71. The summed E-state index contributed by atoms with van der Waals surface area (Å²) in [5, 5.41) is 2.17. The molecule has 0 saturated carbocycles. The van der Waals surface area contributed by atoms with Gasteiger partial charge < -0.3 is 4.74 Å². The van der Waals surface area contributed by atoms with Crippen LogP contribution in [0.5, 0.6) is 5.75 Å². The van der Waals surface area contributed by atoms with Gasteiger partial charge in [-0.1, -0.05) is 103 Å². The van der Waals surface area contributed by atoms with Crippen LogP contribution >= 0.6 is 0 Å². The predicted molar refractivity (Wildman–Crippen MR) is 117 cm³/mol. The van der Waals surface area contributed by atoms with E-state index in [-0.39, 0.29) is 5.97 Å². The number of hydrogen-bond acceptors (Lipinski definition) is 2. The molecule has 0 spiro atoms. The van der Waals surface area contributed by atoms with E-state index in [4.69, 9.17) is 4.74 Å². The first kappa shape index (κ1) is 17.4. The summed E-state index contributed by atoms with van der Waals surface area (Å²) in [6.45, 7) is 0. The number of esters is 1. The molecule has 0 amide bonds. The first-order chi connectivity index (χ1) is 14.3. The summed E-state index contributed by atoms with van der Waals surface area (Å²) in [4.78, 5) is 13.4. The number of carbonyl (C=O) groups is 1. The van der Waals surface area contributed by atoms with Gasteiger partial charge in [-0.05, 0) is 34.4 Å². The highest BCUT2D eigenvalue weighted by Crippen LogP contribution is 2.50. The number of ether oxygens (including phenoxy) is 1. The Bertz CT molecular complexity index is 1210. The Kier molecular flexibility index (Phi) is 4.25. The molecule has 1 aliphatic heterocycles. The maximum Gasteiger partial charge on any atom is 0.326 e. The molecule has 0 aromatic heterocycles. The Balaban J connectivity index is 1.71. The second-order valence-corrected chi connectivity index (χ2v) is 7.34. The van der Waals surface area contributed by atoms with Gasteiger partial charge in [-0.2, -0.15) is 0 Å². The van der Waals surface area contributed by atoms with Crippen LogP contribution in [0, 0.1) is 0 Å². The van der Waals surface area contributed by atoms with Crippen LogP contribution in [0.1, 0.15) is 23.1 Å². The van der Waals surface area contributed by atoms with Crippen molar-refractivity contribution in [3.63, 3.8) is 0 Å². The van der Waals surface area contributed by atoms with Crippen molar-refractivity contribution in [2.24, 2.45) is 0 Å². The van der Waals surface area contributed by atoms with Crippen molar-refractivity contribution in [2.45, 2.75) is 11.8 Å². The second kappa shape index (κ2) is 7.06. The molecular weight excluding hydrogens is 356 g/mol. The third kappa shape index (κ3) is 2.85. The highest BCUT2D eigenvalue weighted by Gasteiger charge is 2.50. The summed E-state index contributed by atoms with van der Waals surface area (Å²) in [6, 6.07) is 32.2. The molecule has 140 valence electrons. The largest absolute Gasteiger partial charge is 0.425 e. The lowest BCUT2D eigenvalue weighted by Gasteiger charge is -2.26. The van der Waals surface area contributed by atoms with E-state index in [1.165, 1.54) is 0 Å². The summed E-state index contributed by atoms with van der Waals surface area (Å²) in [6.07, 6.45) is 4.69. The fraction of sp³-hybridized carbons (Fsp3) is 0.0741. The molecule has 5 rings (SSSR count). The molecule has 2 nitrogen and oxygen atoms in total. The van der Waals surface area contributed by atoms with Gasteiger partial charge in [0.05, 0.1) is 0 Å². The Hall–Kier alpha value is -3.65. The van der Waals surface area contributed by atoms with Crippen molar-refractivity contribution in [1.82, 2.24) is 0 Å². The van der Waals surface area contributed by atoms with E-state index in [1.807, 2.05) is 72.8 Å². The smallest absolute Gasteiger partial charge is 0.326 e. The molecular formula is C27H20O2. The summed E-state index contributed by atoms with van der Waals surface area (Å²) < 4.78 is 5.82. The van der Waals surface area contributed by atoms with Crippen molar-refractivity contribution in [3.05, 3.63) is 120 Å². The van der Waals surface area contributed by atoms with Crippen LogP contribution < -0.4 is 4.74 Å². The molecule has 0 saturated heterocycles.